The number of hydrogen-bond donors (Lipinski definition) is 1. The van der Waals surface area contributed by atoms with E-state index in [9.17, 15) is 22.8 Å². The standard InChI is InChI=1S/C15H18F3N5O2/c1-22-7-11(8-22)23-6-9(2-13(23)24)14(25)21-5-12-19-3-10(4-20-12)15(16,17)18/h3-4,9,11H,2,5-8H2,1H3,(H,21,25). The van der Waals surface area contributed by atoms with Crippen molar-refractivity contribution >= 4 is 11.8 Å². The minimum Gasteiger partial charge on any atom is -0.348 e. The number of likely N-dealkylation sites (tertiary alicyclic amines) is 2. The van der Waals surface area contributed by atoms with Gasteiger partial charge in [0.1, 0.15) is 5.82 Å². The van der Waals surface area contributed by atoms with Crippen LogP contribution in [0, 0.1) is 5.92 Å². The summed E-state index contributed by atoms with van der Waals surface area (Å²) in [5.41, 5.74) is -0.940. The quantitative estimate of drug-likeness (QED) is 0.837. The van der Waals surface area contributed by atoms with Crippen LogP contribution in [-0.2, 0) is 22.3 Å². The van der Waals surface area contributed by atoms with Crippen LogP contribution in [0.1, 0.15) is 17.8 Å². The van der Waals surface area contributed by atoms with Gasteiger partial charge in [-0.2, -0.15) is 13.2 Å². The third-order valence-electron chi connectivity index (χ3n) is 4.47. The van der Waals surface area contributed by atoms with E-state index in [-0.39, 0.29) is 36.6 Å². The van der Waals surface area contributed by atoms with Crippen molar-refractivity contribution in [2.75, 3.05) is 26.7 Å². The number of hydrogen-bond acceptors (Lipinski definition) is 5. The molecule has 2 aliphatic heterocycles. The predicted molar refractivity (Wildman–Crippen MR) is 80.0 cm³/mol. The summed E-state index contributed by atoms with van der Waals surface area (Å²) in [6, 6.07) is 0.161. The molecule has 1 aromatic rings. The van der Waals surface area contributed by atoms with Crippen LogP contribution in [0.4, 0.5) is 13.2 Å². The Morgan fingerprint density at radius 3 is 2.48 bits per heavy atom. The Balaban J connectivity index is 1.50. The minimum atomic E-state index is -4.50. The van der Waals surface area contributed by atoms with Crippen molar-refractivity contribution < 1.29 is 22.8 Å². The zero-order valence-corrected chi connectivity index (χ0v) is 13.6. The molecule has 0 spiro atoms. The van der Waals surface area contributed by atoms with Gasteiger partial charge in [0.15, 0.2) is 0 Å². The third-order valence-corrected chi connectivity index (χ3v) is 4.47. The second-order valence-electron chi connectivity index (χ2n) is 6.43. The van der Waals surface area contributed by atoms with E-state index in [2.05, 4.69) is 20.2 Å². The smallest absolute Gasteiger partial charge is 0.348 e. The van der Waals surface area contributed by atoms with Gasteiger partial charge in [0.25, 0.3) is 0 Å². The number of halogens is 3. The molecule has 2 aliphatic rings. The molecule has 2 saturated heterocycles. The maximum Gasteiger partial charge on any atom is 0.419 e. The van der Waals surface area contributed by atoms with Gasteiger partial charge in [-0.25, -0.2) is 9.97 Å². The lowest BCUT2D eigenvalue weighted by molar-refractivity contribution is -0.138. The van der Waals surface area contributed by atoms with Gasteiger partial charge >= 0.3 is 6.18 Å². The molecule has 3 rings (SSSR count). The monoisotopic (exact) mass is 357 g/mol. The van der Waals surface area contributed by atoms with Crippen LogP contribution in [0.25, 0.3) is 0 Å². The molecule has 0 aromatic carbocycles. The Morgan fingerprint density at radius 1 is 1.28 bits per heavy atom. The average molecular weight is 357 g/mol. The van der Waals surface area contributed by atoms with Gasteiger partial charge in [0, 0.05) is 38.4 Å². The van der Waals surface area contributed by atoms with Crippen LogP contribution >= 0.6 is 0 Å². The van der Waals surface area contributed by atoms with E-state index in [4.69, 9.17) is 0 Å². The number of amides is 2. The fourth-order valence-electron chi connectivity index (χ4n) is 3.03. The number of likely N-dealkylation sites (N-methyl/N-ethyl adjacent to an activating group) is 1. The SMILES string of the molecule is CN1CC(N2CC(C(=O)NCc3ncc(C(F)(F)F)cn3)CC2=O)C1. The molecular formula is C15H18F3N5O2. The Hall–Kier alpha value is -2.23. The number of nitrogens with one attached hydrogen (secondary N) is 1. The van der Waals surface area contributed by atoms with Crippen LogP contribution in [0.15, 0.2) is 12.4 Å². The number of carbonyl (C=O) groups excluding carboxylic acids is 2. The van der Waals surface area contributed by atoms with Crippen molar-refractivity contribution in [3.63, 3.8) is 0 Å². The lowest BCUT2D eigenvalue weighted by Crippen LogP contribution is -2.58. The van der Waals surface area contributed by atoms with Gasteiger partial charge in [-0.1, -0.05) is 0 Å². The Labute approximate surface area is 142 Å². The fourth-order valence-corrected chi connectivity index (χ4v) is 3.03. The summed E-state index contributed by atoms with van der Waals surface area (Å²) >= 11 is 0. The van der Waals surface area contributed by atoms with Crippen molar-refractivity contribution in [2.45, 2.75) is 25.2 Å². The lowest BCUT2D eigenvalue weighted by Gasteiger charge is -2.42. The number of aromatic nitrogens is 2. The first kappa shape index (κ1) is 17.6. The number of rotatable bonds is 4. The van der Waals surface area contributed by atoms with Crippen molar-refractivity contribution in [3.8, 4) is 0 Å². The largest absolute Gasteiger partial charge is 0.419 e. The molecule has 0 aliphatic carbocycles. The average Bonchev–Trinajstić information content (AvgIpc) is 2.90. The third kappa shape index (κ3) is 3.89. The van der Waals surface area contributed by atoms with Crippen LogP contribution in [-0.4, -0.2) is 64.3 Å². The molecule has 1 atom stereocenters. The number of alkyl halides is 3. The molecule has 3 heterocycles. The van der Waals surface area contributed by atoms with Gasteiger partial charge in [0.05, 0.1) is 24.1 Å². The molecule has 1 unspecified atom stereocenters. The summed E-state index contributed by atoms with van der Waals surface area (Å²) in [4.78, 5) is 35.3. The summed E-state index contributed by atoms with van der Waals surface area (Å²) in [6.45, 7) is 1.91. The Bertz CT molecular complexity index is 658. The number of nitrogens with zero attached hydrogens (tertiary/aromatic N) is 4. The normalized spacial score (nSPS) is 22.2. The van der Waals surface area contributed by atoms with Gasteiger partial charge in [-0.15, -0.1) is 0 Å². The molecule has 0 saturated carbocycles. The van der Waals surface area contributed by atoms with Gasteiger partial charge in [-0.05, 0) is 7.05 Å². The Morgan fingerprint density at radius 2 is 1.92 bits per heavy atom. The molecule has 1 N–H and O–H groups in total. The lowest BCUT2D eigenvalue weighted by atomic mass is 10.1. The molecule has 2 fully saturated rings. The topological polar surface area (TPSA) is 78.4 Å². The van der Waals surface area contributed by atoms with Crippen LogP contribution in [0.2, 0.25) is 0 Å². The van der Waals surface area contributed by atoms with Crippen LogP contribution < -0.4 is 5.32 Å². The van der Waals surface area contributed by atoms with E-state index in [1.54, 1.807) is 4.90 Å². The molecule has 136 valence electrons. The first-order valence-corrected chi connectivity index (χ1v) is 7.88. The van der Waals surface area contributed by atoms with Crippen LogP contribution in [0.3, 0.4) is 0 Å². The summed E-state index contributed by atoms with van der Waals surface area (Å²) in [7, 11) is 1.96. The zero-order chi connectivity index (χ0) is 18.2. The highest BCUT2D eigenvalue weighted by Gasteiger charge is 2.41. The first-order chi connectivity index (χ1) is 11.7. The van der Waals surface area contributed by atoms with Crippen molar-refractivity contribution in [1.29, 1.82) is 0 Å². The highest BCUT2D eigenvalue weighted by molar-refractivity contribution is 5.89. The van der Waals surface area contributed by atoms with Gasteiger partial charge in [-0.3, -0.25) is 9.59 Å². The summed E-state index contributed by atoms with van der Waals surface area (Å²) in [5, 5.41) is 2.59. The molecule has 1 aromatic heterocycles. The summed E-state index contributed by atoms with van der Waals surface area (Å²) < 4.78 is 37.3. The predicted octanol–water partition coefficient (Wildman–Crippen LogP) is 0.274. The molecule has 0 bridgehead atoms. The molecular weight excluding hydrogens is 339 g/mol. The highest BCUT2D eigenvalue weighted by atomic mass is 19.4. The summed E-state index contributed by atoms with van der Waals surface area (Å²) in [6.07, 6.45) is -2.98. The zero-order valence-electron chi connectivity index (χ0n) is 13.6. The van der Waals surface area contributed by atoms with E-state index >= 15 is 0 Å². The molecule has 10 heteroatoms. The van der Waals surface area contributed by atoms with E-state index in [1.165, 1.54) is 0 Å². The maximum absolute atomic E-state index is 12.4. The van der Waals surface area contributed by atoms with Crippen molar-refractivity contribution in [3.05, 3.63) is 23.8 Å². The first-order valence-electron chi connectivity index (χ1n) is 7.88. The Kier molecular flexibility index (Phi) is 4.63. The maximum atomic E-state index is 12.4. The molecule has 7 nitrogen and oxygen atoms in total. The van der Waals surface area contributed by atoms with E-state index < -0.39 is 17.7 Å². The fraction of sp³-hybridized carbons (Fsp3) is 0.600. The van der Waals surface area contributed by atoms with Crippen molar-refractivity contribution in [1.82, 2.24) is 25.1 Å². The summed E-state index contributed by atoms with van der Waals surface area (Å²) in [5.74, 6) is -0.716. The number of carbonyl (C=O) groups is 2. The van der Waals surface area contributed by atoms with Gasteiger partial charge < -0.3 is 15.1 Å². The molecule has 0 radical (unpaired) electrons. The van der Waals surface area contributed by atoms with E-state index in [0.717, 1.165) is 13.1 Å². The van der Waals surface area contributed by atoms with Crippen molar-refractivity contribution in [2.24, 2.45) is 5.92 Å². The second kappa shape index (κ2) is 6.58. The second-order valence-corrected chi connectivity index (χ2v) is 6.43. The van der Waals surface area contributed by atoms with Gasteiger partial charge in [0.2, 0.25) is 11.8 Å². The van der Waals surface area contributed by atoms with E-state index in [1.807, 2.05) is 7.05 Å². The van der Waals surface area contributed by atoms with Crippen LogP contribution in [0.5, 0.6) is 0 Å². The molecule has 25 heavy (non-hydrogen) atoms. The van der Waals surface area contributed by atoms with E-state index in [0.29, 0.717) is 18.9 Å². The molecule has 2 amide bonds. The minimum absolute atomic E-state index is 0.0379. The highest BCUT2D eigenvalue weighted by Crippen LogP contribution is 2.27.